The number of fused-ring (bicyclic) bond motifs is 1. The third kappa shape index (κ3) is 9.87. The number of carbonyl (C=O) groups is 2. The van der Waals surface area contributed by atoms with E-state index in [1.54, 1.807) is 18.2 Å². The molecule has 1 unspecified atom stereocenters. The lowest BCUT2D eigenvalue weighted by atomic mass is 9.94. The van der Waals surface area contributed by atoms with Gasteiger partial charge in [-0.15, -0.1) is 0 Å². The number of benzene rings is 3. The van der Waals surface area contributed by atoms with E-state index in [1.165, 1.54) is 62.3 Å². The van der Waals surface area contributed by atoms with Crippen LogP contribution in [0.5, 0.6) is 5.75 Å². The van der Waals surface area contributed by atoms with Crippen LogP contribution in [0.4, 0.5) is 4.39 Å². The van der Waals surface area contributed by atoms with Gasteiger partial charge in [0.05, 0.1) is 6.61 Å². The van der Waals surface area contributed by atoms with Crippen LogP contribution < -0.4 is 4.74 Å². The topological polar surface area (TPSA) is 66.8 Å². The van der Waals surface area contributed by atoms with E-state index in [2.05, 4.69) is 6.92 Å². The molecule has 3 rings (SSSR count). The van der Waals surface area contributed by atoms with Crippen LogP contribution in [-0.2, 0) is 16.1 Å². The van der Waals surface area contributed by atoms with Crippen molar-refractivity contribution < 1.29 is 23.8 Å². The van der Waals surface area contributed by atoms with Crippen molar-refractivity contribution >= 4 is 22.6 Å². The molecule has 5 nitrogen and oxygen atoms in total. The predicted octanol–water partition coefficient (Wildman–Crippen LogP) is 8.89. The average molecular weight is 564 g/mol. The van der Waals surface area contributed by atoms with Gasteiger partial charge in [-0.05, 0) is 41.5 Å². The van der Waals surface area contributed by atoms with E-state index in [0.717, 1.165) is 34.9 Å². The van der Waals surface area contributed by atoms with E-state index in [-0.39, 0.29) is 24.8 Å². The molecule has 3 aromatic rings. The zero-order chi connectivity index (χ0) is 29.5. The number of nitrogens with zero attached hydrogens (tertiary/aromatic N) is 1. The summed E-state index contributed by atoms with van der Waals surface area (Å²) in [5, 5.41) is 11.4. The normalized spacial score (nSPS) is 11.9. The molecule has 1 N–H and O–H groups in total. The summed E-state index contributed by atoms with van der Waals surface area (Å²) in [5.41, 5.74) is 1.31. The van der Waals surface area contributed by atoms with Crippen LogP contribution in [0.2, 0.25) is 0 Å². The van der Waals surface area contributed by atoms with Crippen molar-refractivity contribution in [3.8, 4) is 5.75 Å². The fraction of sp³-hybridized carbons (Fsp3) is 0.486. The summed E-state index contributed by atoms with van der Waals surface area (Å²) >= 11 is 0. The van der Waals surface area contributed by atoms with Crippen LogP contribution in [0.3, 0.4) is 0 Å². The molecule has 1 amide bonds. The minimum Gasteiger partial charge on any atom is -0.493 e. The number of carbonyl (C=O) groups excluding carboxylic acids is 1. The predicted molar refractivity (Wildman–Crippen MR) is 164 cm³/mol. The molecule has 0 aromatic heterocycles. The fourth-order valence-electron chi connectivity index (χ4n) is 5.45. The minimum atomic E-state index is -1.52. The maximum atomic E-state index is 14.5. The molecule has 0 fully saturated rings. The highest BCUT2D eigenvalue weighted by molar-refractivity contribution is 6.31. The molecule has 0 aliphatic rings. The highest BCUT2D eigenvalue weighted by atomic mass is 19.1. The zero-order valence-electron chi connectivity index (χ0n) is 24.7. The monoisotopic (exact) mass is 563 g/mol. The summed E-state index contributed by atoms with van der Waals surface area (Å²) in [7, 11) is 0. The van der Waals surface area contributed by atoms with Crippen molar-refractivity contribution in [1.82, 2.24) is 4.90 Å². The molecule has 0 aliphatic carbocycles. The Kier molecular flexibility index (Phi) is 13.6. The van der Waals surface area contributed by atoms with Gasteiger partial charge < -0.3 is 14.7 Å². The van der Waals surface area contributed by atoms with Crippen molar-refractivity contribution in [3.63, 3.8) is 0 Å². The smallest absolute Gasteiger partial charge is 0.394 e. The van der Waals surface area contributed by atoms with Gasteiger partial charge in [-0.1, -0.05) is 120 Å². The molecule has 222 valence electrons. The number of halogens is 1. The van der Waals surface area contributed by atoms with Crippen LogP contribution in [0.1, 0.15) is 102 Å². The number of amides is 1. The Morgan fingerprint density at radius 2 is 1.41 bits per heavy atom. The molecule has 1 atom stereocenters. The van der Waals surface area contributed by atoms with Crippen LogP contribution in [0.15, 0.2) is 60.7 Å². The van der Waals surface area contributed by atoms with Crippen molar-refractivity contribution in [2.24, 2.45) is 0 Å². The lowest BCUT2D eigenvalue weighted by Crippen LogP contribution is -2.39. The summed E-state index contributed by atoms with van der Waals surface area (Å²) in [6, 6.07) is 18.1. The number of hydrogen-bond donors (Lipinski definition) is 1. The molecule has 0 saturated heterocycles. The first-order valence-electron chi connectivity index (χ1n) is 15.4. The lowest BCUT2D eigenvalue weighted by Gasteiger charge is -2.27. The van der Waals surface area contributed by atoms with Gasteiger partial charge in [0, 0.05) is 24.4 Å². The summed E-state index contributed by atoms with van der Waals surface area (Å²) in [6.45, 7) is 5.02. The van der Waals surface area contributed by atoms with Gasteiger partial charge in [0.25, 0.3) is 0 Å². The number of ether oxygens (including phenoxy) is 1. The van der Waals surface area contributed by atoms with E-state index in [0.29, 0.717) is 18.6 Å². The first-order valence-corrected chi connectivity index (χ1v) is 15.4. The summed E-state index contributed by atoms with van der Waals surface area (Å²) < 4.78 is 20.7. The second-order valence-corrected chi connectivity index (χ2v) is 10.9. The number of unbranched alkanes of at least 4 members (excludes halogenated alkanes) is 9. The quantitative estimate of drug-likeness (QED) is 0.124. The Bertz CT molecular complexity index is 1240. The minimum absolute atomic E-state index is 0.105. The lowest BCUT2D eigenvalue weighted by molar-refractivity contribution is -0.156. The Balaban J connectivity index is 1.64. The molecule has 0 saturated carbocycles. The molecule has 0 aliphatic heterocycles. The Hall–Kier alpha value is -3.41. The number of carboxylic acid groups (broad SMARTS) is 1. The second-order valence-electron chi connectivity index (χ2n) is 10.9. The SMILES string of the molecule is CCCCCCCCCCCCOc1ccc(CN(CC(CC)c2ccccc2F)C(=O)C(=O)O)c2ccccc12. The maximum Gasteiger partial charge on any atom is 0.394 e. The number of aliphatic carboxylic acids is 1. The van der Waals surface area contributed by atoms with Crippen LogP contribution in [-0.4, -0.2) is 35.0 Å². The molecule has 0 bridgehead atoms. The van der Waals surface area contributed by atoms with E-state index < -0.39 is 11.9 Å². The van der Waals surface area contributed by atoms with Crippen LogP contribution >= 0.6 is 0 Å². The molecular formula is C35H46FNO4. The van der Waals surface area contributed by atoms with Crippen molar-refractivity contribution in [2.45, 2.75) is 96.9 Å². The summed E-state index contributed by atoms with van der Waals surface area (Å²) in [5.74, 6) is -2.40. The first kappa shape index (κ1) is 32.1. The maximum absolute atomic E-state index is 14.5. The molecule has 0 radical (unpaired) electrons. The molecule has 3 aromatic carbocycles. The zero-order valence-corrected chi connectivity index (χ0v) is 24.7. The van der Waals surface area contributed by atoms with Crippen LogP contribution in [0, 0.1) is 5.82 Å². The second kappa shape index (κ2) is 17.4. The first-order chi connectivity index (χ1) is 20.0. The summed E-state index contributed by atoms with van der Waals surface area (Å²) in [4.78, 5) is 25.8. The van der Waals surface area contributed by atoms with E-state index >= 15 is 0 Å². The number of rotatable bonds is 18. The van der Waals surface area contributed by atoms with Crippen LogP contribution in [0.25, 0.3) is 10.8 Å². The van der Waals surface area contributed by atoms with Gasteiger partial charge in [-0.2, -0.15) is 0 Å². The summed E-state index contributed by atoms with van der Waals surface area (Å²) in [6.07, 6.45) is 13.2. The Morgan fingerprint density at radius 1 is 0.805 bits per heavy atom. The number of hydrogen-bond acceptors (Lipinski definition) is 3. The standard InChI is InChI=1S/C35H46FNO4/c1-3-5-6-7-8-9-10-11-12-17-24-41-33-23-22-28(29-18-13-14-20-31(29)33)26-37(34(38)35(39)40)25-27(4-2)30-19-15-16-21-32(30)36/h13-16,18-23,27H,3-12,17,24-26H2,1-2H3,(H,39,40). The highest BCUT2D eigenvalue weighted by Crippen LogP contribution is 2.31. The van der Waals surface area contributed by atoms with E-state index in [1.807, 2.05) is 43.3 Å². The molecular weight excluding hydrogens is 517 g/mol. The molecule has 41 heavy (non-hydrogen) atoms. The number of carboxylic acids is 1. The Morgan fingerprint density at radius 3 is 2.05 bits per heavy atom. The van der Waals surface area contributed by atoms with Gasteiger partial charge in [0.15, 0.2) is 0 Å². The molecule has 6 heteroatoms. The largest absolute Gasteiger partial charge is 0.493 e. The van der Waals surface area contributed by atoms with Crippen molar-refractivity contribution in [1.29, 1.82) is 0 Å². The van der Waals surface area contributed by atoms with Gasteiger partial charge in [0.2, 0.25) is 0 Å². The van der Waals surface area contributed by atoms with Gasteiger partial charge >= 0.3 is 11.9 Å². The highest BCUT2D eigenvalue weighted by Gasteiger charge is 2.26. The van der Waals surface area contributed by atoms with Crippen molar-refractivity contribution in [3.05, 3.63) is 77.6 Å². The van der Waals surface area contributed by atoms with E-state index in [4.69, 9.17) is 4.74 Å². The van der Waals surface area contributed by atoms with Gasteiger partial charge in [-0.3, -0.25) is 4.79 Å². The Labute approximate surface area is 244 Å². The third-order valence-corrected chi connectivity index (χ3v) is 7.84. The fourth-order valence-corrected chi connectivity index (χ4v) is 5.45. The van der Waals surface area contributed by atoms with Gasteiger partial charge in [-0.25, -0.2) is 9.18 Å². The average Bonchev–Trinajstić information content (AvgIpc) is 2.98. The van der Waals surface area contributed by atoms with E-state index in [9.17, 15) is 19.1 Å². The van der Waals surface area contributed by atoms with Crippen molar-refractivity contribution in [2.75, 3.05) is 13.2 Å². The molecule has 0 spiro atoms. The van der Waals surface area contributed by atoms with Gasteiger partial charge in [0.1, 0.15) is 11.6 Å². The molecule has 0 heterocycles. The third-order valence-electron chi connectivity index (χ3n) is 7.84.